The second-order valence-electron chi connectivity index (χ2n) is 7.50. The zero-order valence-corrected chi connectivity index (χ0v) is 18.3. The van der Waals surface area contributed by atoms with E-state index in [0.29, 0.717) is 28.8 Å². The van der Waals surface area contributed by atoms with Gasteiger partial charge in [-0.3, -0.25) is 9.36 Å². The van der Waals surface area contributed by atoms with Gasteiger partial charge in [0.25, 0.3) is 0 Å². The Morgan fingerprint density at radius 3 is 2.88 bits per heavy atom. The number of carbonyl (C=O) groups is 1. The van der Waals surface area contributed by atoms with Gasteiger partial charge in [-0.25, -0.2) is 4.39 Å². The number of nitriles is 1. The van der Waals surface area contributed by atoms with Gasteiger partial charge in [-0.05, 0) is 62.2 Å². The van der Waals surface area contributed by atoms with Crippen molar-refractivity contribution in [2.24, 2.45) is 0 Å². The Morgan fingerprint density at radius 1 is 1.34 bits per heavy atom. The molecule has 2 atom stereocenters. The monoisotopic (exact) mass is 451 g/mol. The van der Waals surface area contributed by atoms with Gasteiger partial charge >= 0.3 is 0 Å². The first-order valence-electron chi connectivity index (χ1n) is 10.3. The Bertz CT molecular complexity index is 1140. The lowest BCUT2D eigenvalue weighted by atomic mass is 10.2. The molecule has 1 aromatic heterocycles. The highest BCUT2D eigenvalue weighted by Gasteiger charge is 2.24. The van der Waals surface area contributed by atoms with Gasteiger partial charge in [0.05, 0.1) is 29.5 Å². The molecule has 1 amide bonds. The summed E-state index contributed by atoms with van der Waals surface area (Å²) in [6.07, 6.45) is 1.99. The molecule has 0 aliphatic carbocycles. The summed E-state index contributed by atoms with van der Waals surface area (Å²) in [5.41, 5.74) is 1.78. The lowest BCUT2D eigenvalue weighted by Crippen LogP contribution is -2.23. The number of thioether (sulfide) groups is 1. The Morgan fingerprint density at radius 2 is 2.16 bits per heavy atom. The van der Waals surface area contributed by atoms with Gasteiger partial charge in [0, 0.05) is 17.9 Å². The number of aromatic nitrogens is 3. The van der Waals surface area contributed by atoms with E-state index >= 15 is 0 Å². The van der Waals surface area contributed by atoms with E-state index in [4.69, 9.17) is 10.00 Å². The van der Waals surface area contributed by atoms with Crippen molar-refractivity contribution in [3.63, 3.8) is 0 Å². The summed E-state index contributed by atoms with van der Waals surface area (Å²) in [7, 11) is 0. The average molecular weight is 452 g/mol. The minimum atomic E-state index is -0.464. The summed E-state index contributed by atoms with van der Waals surface area (Å²) >= 11 is 1.29. The van der Waals surface area contributed by atoms with Crippen molar-refractivity contribution in [2.75, 3.05) is 11.9 Å². The molecular weight excluding hydrogens is 429 g/mol. The molecule has 164 valence electrons. The number of nitrogens with one attached hydrogen (secondary N) is 1. The fraction of sp³-hybridized carbons (Fsp3) is 0.304. The predicted molar refractivity (Wildman–Crippen MR) is 119 cm³/mol. The van der Waals surface area contributed by atoms with Gasteiger partial charge in [-0.1, -0.05) is 17.8 Å². The number of hydrogen-bond acceptors (Lipinski definition) is 6. The highest BCUT2D eigenvalue weighted by molar-refractivity contribution is 8.00. The molecule has 1 aliphatic heterocycles. The molecule has 0 spiro atoms. The number of halogens is 1. The molecule has 1 fully saturated rings. The van der Waals surface area contributed by atoms with Crippen LogP contribution in [-0.4, -0.2) is 38.6 Å². The number of hydrogen-bond donors (Lipinski definition) is 1. The second-order valence-corrected chi connectivity index (χ2v) is 8.81. The van der Waals surface area contributed by atoms with Crippen LogP contribution in [0.15, 0.2) is 53.7 Å². The van der Waals surface area contributed by atoms with Crippen molar-refractivity contribution in [1.29, 1.82) is 5.26 Å². The van der Waals surface area contributed by atoms with E-state index < -0.39 is 5.25 Å². The van der Waals surface area contributed by atoms with Crippen LogP contribution in [0.2, 0.25) is 0 Å². The normalized spacial score (nSPS) is 16.5. The minimum absolute atomic E-state index is 0.0439. The van der Waals surface area contributed by atoms with Crippen molar-refractivity contribution < 1.29 is 13.9 Å². The topological polar surface area (TPSA) is 92.8 Å². The number of benzene rings is 2. The Labute approximate surface area is 189 Å². The zero-order valence-electron chi connectivity index (χ0n) is 17.5. The van der Waals surface area contributed by atoms with E-state index in [0.717, 1.165) is 25.0 Å². The standard InChI is InChI=1S/C23H22FN5O2S/c1-15(22(30)26-19-5-2-4-16(12-19)13-25)32-23-28-27-21(17-7-9-18(24)10-8-17)29(23)14-20-6-3-11-31-20/h2,4-5,7-10,12,15,20H,3,6,11,14H2,1H3,(H,26,30). The Balaban J connectivity index is 1.54. The maximum Gasteiger partial charge on any atom is 0.237 e. The molecule has 1 saturated heterocycles. The van der Waals surface area contributed by atoms with Gasteiger partial charge in [0.1, 0.15) is 5.82 Å². The number of ether oxygens (including phenoxy) is 1. The van der Waals surface area contributed by atoms with E-state index in [2.05, 4.69) is 21.6 Å². The molecule has 32 heavy (non-hydrogen) atoms. The lowest BCUT2D eigenvalue weighted by molar-refractivity contribution is -0.115. The van der Waals surface area contributed by atoms with E-state index in [1.807, 2.05) is 4.57 Å². The fourth-order valence-electron chi connectivity index (χ4n) is 3.47. The first-order chi connectivity index (χ1) is 15.5. The first-order valence-corrected chi connectivity index (χ1v) is 11.2. The van der Waals surface area contributed by atoms with E-state index in [1.54, 1.807) is 43.3 Å². The van der Waals surface area contributed by atoms with Crippen molar-refractivity contribution in [2.45, 2.75) is 42.8 Å². The summed E-state index contributed by atoms with van der Waals surface area (Å²) in [6.45, 7) is 3.07. The zero-order chi connectivity index (χ0) is 22.5. The fourth-order valence-corrected chi connectivity index (χ4v) is 4.33. The predicted octanol–water partition coefficient (Wildman–Crippen LogP) is 4.25. The molecule has 2 unspecified atom stereocenters. The highest BCUT2D eigenvalue weighted by Crippen LogP contribution is 2.29. The van der Waals surface area contributed by atoms with Crippen LogP contribution >= 0.6 is 11.8 Å². The molecule has 0 saturated carbocycles. The number of anilines is 1. The third-order valence-corrected chi connectivity index (χ3v) is 6.22. The van der Waals surface area contributed by atoms with Crippen LogP contribution in [0.4, 0.5) is 10.1 Å². The molecule has 9 heteroatoms. The van der Waals surface area contributed by atoms with Gasteiger partial charge in [0.15, 0.2) is 11.0 Å². The highest BCUT2D eigenvalue weighted by atomic mass is 32.2. The van der Waals surface area contributed by atoms with Gasteiger partial charge in [0.2, 0.25) is 5.91 Å². The van der Waals surface area contributed by atoms with E-state index in [-0.39, 0.29) is 17.8 Å². The maximum absolute atomic E-state index is 13.4. The third-order valence-electron chi connectivity index (χ3n) is 5.14. The van der Waals surface area contributed by atoms with Crippen LogP contribution in [0.3, 0.4) is 0 Å². The summed E-state index contributed by atoms with van der Waals surface area (Å²) in [6, 6.07) is 14.9. The van der Waals surface area contributed by atoms with Gasteiger partial charge in [-0.15, -0.1) is 10.2 Å². The molecule has 3 aromatic rings. The van der Waals surface area contributed by atoms with Crippen LogP contribution in [0, 0.1) is 17.1 Å². The van der Waals surface area contributed by atoms with Crippen molar-refractivity contribution in [3.05, 3.63) is 59.9 Å². The third kappa shape index (κ3) is 5.15. The summed E-state index contributed by atoms with van der Waals surface area (Å²) in [5, 5.41) is 20.7. The molecule has 1 aliphatic rings. The molecular formula is C23H22FN5O2S. The van der Waals surface area contributed by atoms with Crippen LogP contribution in [-0.2, 0) is 16.1 Å². The van der Waals surface area contributed by atoms with E-state index in [1.165, 1.54) is 23.9 Å². The molecule has 1 N–H and O–H groups in total. The second kappa shape index (κ2) is 9.94. The van der Waals surface area contributed by atoms with Crippen molar-refractivity contribution in [3.8, 4) is 17.5 Å². The average Bonchev–Trinajstić information content (AvgIpc) is 3.45. The number of amides is 1. The van der Waals surface area contributed by atoms with Crippen LogP contribution < -0.4 is 5.32 Å². The van der Waals surface area contributed by atoms with Crippen molar-refractivity contribution >= 4 is 23.4 Å². The van der Waals surface area contributed by atoms with Gasteiger partial charge < -0.3 is 10.1 Å². The Kier molecular flexibility index (Phi) is 6.83. The molecule has 4 rings (SSSR count). The lowest BCUT2D eigenvalue weighted by Gasteiger charge is -2.16. The van der Waals surface area contributed by atoms with Crippen LogP contribution in [0.25, 0.3) is 11.4 Å². The molecule has 7 nitrogen and oxygen atoms in total. The minimum Gasteiger partial charge on any atom is -0.376 e. The Hall–Kier alpha value is -3.22. The van der Waals surface area contributed by atoms with Crippen molar-refractivity contribution in [1.82, 2.24) is 14.8 Å². The molecule has 2 heterocycles. The van der Waals surface area contributed by atoms with Crippen LogP contribution in [0.5, 0.6) is 0 Å². The molecule has 0 bridgehead atoms. The number of carbonyl (C=O) groups excluding carboxylic acids is 1. The number of nitrogens with zero attached hydrogens (tertiary/aromatic N) is 4. The summed E-state index contributed by atoms with van der Waals surface area (Å²) in [4.78, 5) is 12.7. The number of rotatable bonds is 7. The van der Waals surface area contributed by atoms with E-state index in [9.17, 15) is 9.18 Å². The SMILES string of the molecule is CC(Sc1nnc(-c2ccc(F)cc2)n1CC1CCCO1)C(=O)Nc1cccc(C#N)c1. The maximum atomic E-state index is 13.4. The quantitative estimate of drug-likeness (QED) is 0.540. The first kappa shape index (κ1) is 22.0. The smallest absolute Gasteiger partial charge is 0.237 e. The summed E-state index contributed by atoms with van der Waals surface area (Å²) in [5.74, 6) is 0.0803. The molecule has 0 radical (unpaired) electrons. The molecule has 2 aromatic carbocycles. The van der Waals surface area contributed by atoms with Gasteiger partial charge in [-0.2, -0.15) is 5.26 Å². The van der Waals surface area contributed by atoms with Crippen LogP contribution in [0.1, 0.15) is 25.3 Å². The largest absolute Gasteiger partial charge is 0.376 e. The summed E-state index contributed by atoms with van der Waals surface area (Å²) < 4.78 is 21.1.